The van der Waals surface area contributed by atoms with Crippen molar-refractivity contribution in [1.29, 1.82) is 0 Å². The van der Waals surface area contributed by atoms with E-state index in [9.17, 15) is 0 Å². The van der Waals surface area contributed by atoms with Crippen molar-refractivity contribution >= 4 is 23.7 Å². The van der Waals surface area contributed by atoms with Crippen LogP contribution in [0.1, 0.15) is 24.4 Å². The van der Waals surface area contributed by atoms with Gasteiger partial charge in [-0.3, -0.25) is 0 Å². The predicted octanol–water partition coefficient (Wildman–Crippen LogP) is 2.29. The number of nitrogens with zero attached hydrogens (tertiary/aromatic N) is 2. The lowest BCUT2D eigenvalue weighted by Gasteiger charge is -2.28. The van der Waals surface area contributed by atoms with Crippen LogP contribution in [-0.4, -0.2) is 30.0 Å². The zero-order valence-corrected chi connectivity index (χ0v) is 12.1. The third-order valence-corrected chi connectivity index (χ3v) is 3.43. The number of nitrogens with two attached hydrogens (primary N) is 1. The van der Waals surface area contributed by atoms with E-state index in [2.05, 4.69) is 37.7 Å². The first kappa shape index (κ1) is 15.8. The van der Waals surface area contributed by atoms with Crippen molar-refractivity contribution in [3.63, 3.8) is 0 Å². The Hall–Kier alpha value is -0.160. The molecule has 16 heavy (non-hydrogen) atoms. The van der Waals surface area contributed by atoms with Gasteiger partial charge in [-0.05, 0) is 25.9 Å². The minimum atomic E-state index is 0. The highest BCUT2D eigenvalue weighted by Crippen LogP contribution is 2.18. The lowest BCUT2D eigenvalue weighted by molar-refractivity contribution is 0.211. The Kier molecular flexibility index (Phi) is 6.48. The van der Waals surface area contributed by atoms with Crippen LogP contribution in [0.2, 0.25) is 0 Å². The Balaban J connectivity index is 0.00000225. The van der Waals surface area contributed by atoms with Crippen LogP contribution in [0, 0.1) is 12.3 Å². The van der Waals surface area contributed by atoms with Crippen LogP contribution in [0.5, 0.6) is 0 Å². The van der Waals surface area contributed by atoms with Crippen LogP contribution in [0.4, 0.5) is 0 Å². The molecule has 0 bridgehead atoms. The maximum atomic E-state index is 5.72. The first-order chi connectivity index (χ1) is 6.94. The average Bonchev–Trinajstić information content (AvgIpc) is 2.51. The minimum Gasteiger partial charge on any atom is -0.330 e. The summed E-state index contributed by atoms with van der Waals surface area (Å²) in [6.45, 7) is 9.17. The monoisotopic (exact) mass is 263 g/mol. The standard InChI is InChI=1S/C11H21N3S.ClH/c1-9-10(15-8-13-9)5-14(4)7-11(2,3)6-12;/h8H,5-7,12H2,1-4H3;1H. The van der Waals surface area contributed by atoms with Crippen LogP contribution in [0.15, 0.2) is 5.51 Å². The number of thiazole rings is 1. The topological polar surface area (TPSA) is 42.2 Å². The van der Waals surface area contributed by atoms with E-state index >= 15 is 0 Å². The van der Waals surface area contributed by atoms with Gasteiger partial charge in [0.25, 0.3) is 0 Å². The Bertz CT molecular complexity index is 312. The fourth-order valence-corrected chi connectivity index (χ4v) is 2.43. The SMILES string of the molecule is Cc1ncsc1CN(C)CC(C)(C)CN.Cl. The largest absolute Gasteiger partial charge is 0.330 e. The van der Waals surface area contributed by atoms with E-state index < -0.39 is 0 Å². The minimum absolute atomic E-state index is 0. The van der Waals surface area contributed by atoms with Gasteiger partial charge in [0, 0.05) is 18.0 Å². The summed E-state index contributed by atoms with van der Waals surface area (Å²) in [5, 5.41) is 0. The summed E-state index contributed by atoms with van der Waals surface area (Å²) in [5.74, 6) is 0. The summed E-state index contributed by atoms with van der Waals surface area (Å²) < 4.78 is 0. The molecule has 1 heterocycles. The molecule has 0 aliphatic rings. The van der Waals surface area contributed by atoms with E-state index in [4.69, 9.17) is 5.73 Å². The Morgan fingerprint density at radius 2 is 2.12 bits per heavy atom. The molecule has 0 amide bonds. The molecule has 0 unspecified atom stereocenters. The maximum absolute atomic E-state index is 5.72. The molecular weight excluding hydrogens is 242 g/mol. The van der Waals surface area contributed by atoms with Crippen molar-refractivity contribution in [3.05, 3.63) is 16.1 Å². The number of hydrogen-bond donors (Lipinski definition) is 1. The van der Waals surface area contributed by atoms with E-state index in [0.717, 1.165) is 25.3 Å². The first-order valence-corrected chi connectivity index (χ1v) is 6.10. The van der Waals surface area contributed by atoms with Gasteiger partial charge >= 0.3 is 0 Å². The molecule has 0 radical (unpaired) electrons. The maximum Gasteiger partial charge on any atom is 0.0798 e. The second-order valence-electron chi connectivity index (χ2n) is 4.90. The first-order valence-electron chi connectivity index (χ1n) is 5.22. The number of hydrogen-bond acceptors (Lipinski definition) is 4. The molecule has 0 atom stereocenters. The average molecular weight is 264 g/mol. The number of aromatic nitrogens is 1. The Morgan fingerprint density at radius 1 is 1.50 bits per heavy atom. The smallest absolute Gasteiger partial charge is 0.0798 e. The van der Waals surface area contributed by atoms with Gasteiger partial charge in [-0.1, -0.05) is 13.8 Å². The molecule has 2 N–H and O–H groups in total. The number of rotatable bonds is 5. The second kappa shape index (κ2) is 6.55. The molecule has 94 valence electrons. The van der Waals surface area contributed by atoms with Gasteiger partial charge in [0.15, 0.2) is 0 Å². The summed E-state index contributed by atoms with van der Waals surface area (Å²) in [4.78, 5) is 7.92. The van der Waals surface area contributed by atoms with Crippen LogP contribution < -0.4 is 5.73 Å². The summed E-state index contributed by atoms with van der Waals surface area (Å²) in [6, 6.07) is 0. The van der Waals surface area contributed by atoms with Crippen LogP contribution in [0.3, 0.4) is 0 Å². The van der Waals surface area contributed by atoms with E-state index in [0.29, 0.717) is 0 Å². The molecule has 3 nitrogen and oxygen atoms in total. The summed E-state index contributed by atoms with van der Waals surface area (Å²) >= 11 is 1.73. The van der Waals surface area contributed by atoms with Crippen molar-refractivity contribution in [2.24, 2.45) is 11.1 Å². The van der Waals surface area contributed by atoms with Crippen LogP contribution >= 0.6 is 23.7 Å². The Labute approximate surface area is 108 Å². The molecule has 0 spiro atoms. The second-order valence-corrected chi connectivity index (χ2v) is 5.84. The van der Waals surface area contributed by atoms with Gasteiger partial charge in [-0.25, -0.2) is 4.98 Å². The summed E-state index contributed by atoms with van der Waals surface area (Å²) in [5.41, 5.74) is 8.97. The van der Waals surface area contributed by atoms with Crippen molar-refractivity contribution in [3.8, 4) is 0 Å². The Morgan fingerprint density at radius 3 is 2.56 bits per heavy atom. The fraction of sp³-hybridized carbons (Fsp3) is 0.727. The van der Waals surface area contributed by atoms with Gasteiger partial charge < -0.3 is 10.6 Å². The molecule has 1 rings (SSSR count). The van der Waals surface area contributed by atoms with E-state index in [1.54, 1.807) is 11.3 Å². The third kappa shape index (κ3) is 4.78. The van der Waals surface area contributed by atoms with Crippen LogP contribution in [-0.2, 0) is 6.54 Å². The number of aryl methyl sites for hydroxylation is 1. The molecule has 0 saturated carbocycles. The van der Waals surface area contributed by atoms with Gasteiger partial charge in [0.1, 0.15) is 0 Å². The quantitative estimate of drug-likeness (QED) is 0.886. The normalized spacial score (nSPS) is 11.6. The summed E-state index contributed by atoms with van der Waals surface area (Å²) in [7, 11) is 2.14. The van der Waals surface area contributed by atoms with E-state index in [1.165, 1.54) is 4.88 Å². The molecule has 0 saturated heterocycles. The van der Waals surface area contributed by atoms with E-state index in [-0.39, 0.29) is 17.8 Å². The van der Waals surface area contributed by atoms with Crippen LogP contribution in [0.25, 0.3) is 0 Å². The van der Waals surface area contributed by atoms with Gasteiger partial charge in [-0.2, -0.15) is 0 Å². The highest BCUT2D eigenvalue weighted by Gasteiger charge is 2.18. The number of halogens is 1. The lowest BCUT2D eigenvalue weighted by atomic mass is 9.93. The van der Waals surface area contributed by atoms with E-state index in [1.807, 2.05) is 5.51 Å². The molecule has 0 fully saturated rings. The molecule has 1 aromatic heterocycles. The zero-order chi connectivity index (χ0) is 11.5. The van der Waals surface area contributed by atoms with Crippen molar-refractivity contribution < 1.29 is 0 Å². The highest BCUT2D eigenvalue weighted by molar-refractivity contribution is 7.09. The van der Waals surface area contributed by atoms with Gasteiger partial charge in [-0.15, -0.1) is 23.7 Å². The predicted molar refractivity (Wildman–Crippen MR) is 73.3 cm³/mol. The highest BCUT2D eigenvalue weighted by atomic mass is 35.5. The zero-order valence-electron chi connectivity index (χ0n) is 10.5. The fourth-order valence-electron chi connectivity index (χ4n) is 1.57. The van der Waals surface area contributed by atoms with Gasteiger partial charge in [0.05, 0.1) is 11.2 Å². The molecule has 1 aromatic rings. The third-order valence-electron chi connectivity index (χ3n) is 2.51. The molecular formula is C11H22ClN3S. The van der Waals surface area contributed by atoms with Crippen molar-refractivity contribution in [2.75, 3.05) is 20.1 Å². The van der Waals surface area contributed by atoms with Crippen molar-refractivity contribution in [1.82, 2.24) is 9.88 Å². The molecule has 0 aromatic carbocycles. The summed E-state index contributed by atoms with van der Waals surface area (Å²) in [6.07, 6.45) is 0. The lowest BCUT2D eigenvalue weighted by Crippen LogP contribution is -2.36. The van der Waals surface area contributed by atoms with Gasteiger partial charge in [0.2, 0.25) is 0 Å². The molecule has 0 aliphatic heterocycles. The molecule has 0 aliphatic carbocycles. The molecule has 5 heteroatoms. The van der Waals surface area contributed by atoms with Crippen molar-refractivity contribution in [2.45, 2.75) is 27.3 Å².